The number of anilines is 1. The maximum Gasteiger partial charge on any atom is 0.264 e. The first-order valence-corrected chi connectivity index (χ1v) is 17.6. The van der Waals surface area contributed by atoms with Crippen LogP contribution in [0.1, 0.15) is 30.5 Å². The molecule has 0 spiro atoms. The molecule has 7 nitrogen and oxygen atoms in total. The molecule has 2 amide bonds. The van der Waals surface area contributed by atoms with Gasteiger partial charge in [0.15, 0.2) is 0 Å². The summed E-state index contributed by atoms with van der Waals surface area (Å²) in [5.41, 5.74) is 2.87. The lowest BCUT2D eigenvalue weighted by atomic mass is 10.0. The van der Waals surface area contributed by atoms with Gasteiger partial charge in [-0.15, -0.1) is 11.8 Å². The highest BCUT2D eigenvalue weighted by atomic mass is 35.5. The summed E-state index contributed by atoms with van der Waals surface area (Å²) in [7, 11) is -4.17. The number of aryl methyl sites for hydroxylation is 1. The van der Waals surface area contributed by atoms with Gasteiger partial charge >= 0.3 is 0 Å². The second-order valence-corrected chi connectivity index (χ2v) is 14.2. The largest absolute Gasteiger partial charge is 0.352 e. The van der Waals surface area contributed by atoms with Crippen molar-refractivity contribution in [2.45, 2.75) is 55.6 Å². The Kier molecular flexibility index (Phi) is 11.7. The molecule has 0 aliphatic heterocycles. The molecule has 4 aromatic rings. The average molecular weight is 664 g/mol. The first kappa shape index (κ1) is 34.1. The minimum Gasteiger partial charge on any atom is -0.352 e. The van der Waals surface area contributed by atoms with Gasteiger partial charge in [0.1, 0.15) is 12.6 Å². The number of nitrogens with one attached hydrogen (secondary N) is 1. The topological polar surface area (TPSA) is 86.8 Å². The molecule has 45 heavy (non-hydrogen) atoms. The van der Waals surface area contributed by atoms with Gasteiger partial charge in [-0.05, 0) is 86.7 Å². The standard InChI is InChI=1S/C35H38ClN3O4S2/c1-25(2)37-35(41)33(22-27-9-6-5-7-10-27)38(23-28-11-8-12-29(36)21-28)34(40)24-39(30-15-13-26(3)14-16-30)45(42,43)32-19-17-31(44-4)18-20-32/h5-21,25,33H,22-24H2,1-4H3,(H,37,41). The number of hydrogen-bond donors (Lipinski definition) is 1. The third-order valence-corrected chi connectivity index (χ3v) is 9.96. The van der Waals surface area contributed by atoms with E-state index < -0.39 is 28.5 Å². The van der Waals surface area contributed by atoms with Crippen LogP contribution in [-0.4, -0.2) is 50.0 Å². The van der Waals surface area contributed by atoms with Crippen LogP contribution in [0.15, 0.2) is 113 Å². The molecule has 0 saturated heterocycles. The van der Waals surface area contributed by atoms with Crippen LogP contribution in [-0.2, 0) is 32.6 Å². The van der Waals surface area contributed by atoms with Crippen molar-refractivity contribution in [3.8, 4) is 0 Å². The second-order valence-electron chi connectivity index (χ2n) is 11.0. The number of sulfonamides is 1. The number of nitrogens with zero attached hydrogens (tertiary/aromatic N) is 2. The average Bonchev–Trinajstić information content (AvgIpc) is 3.02. The van der Waals surface area contributed by atoms with E-state index >= 15 is 0 Å². The highest BCUT2D eigenvalue weighted by Gasteiger charge is 2.34. The van der Waals surface area contributed by atoms with Crippen LogP contribution in [0.25, 0.3) is 0 Å². The number of halogens is 1. The van der Waals surface area contributed by atoms with Crippen molar-refractivity contribution in [1.29, 1.82) is 0 Å². The molecule has 0 fully saturated rings. The fourth-order valence-corrected chi connectivity index (χ4v) is 6.92. The molecule has 0 aromatic heterocycles. The van der Waals surface area contributed by atoms with Crippen molar-refractivity contribution in [2.75, 3.05) is 17.1 Å². The van der Waals surface area contributed by atoms with Crippen LogP contribution >= 0.6 is 23.4 Å². The van der Waals surface area contributed by atoms with E-state index in [1.54, 1.807) is 66.7 Å². The van der Waals surface area contributed by atoms with Crippen LogP contribution in [0, 0.1) is 6.92 Å². The van der Waals surface area contributed by atoms with E-state index in [-0.39, 0.29) is 29.8 Å². The molecule has 1 N–H and O–H groups in total. The van der Waals surface area contributed by atoms with Gasteiger partial charge in [0.05, 0.1) is 10.6 Å². The van der Waals surface area contributed by atoms with Gasteiger partial charge in [0, 0.05) is 28.9 Å². The minimum atomic E-state index is -4.17. The molecule has 0 heterocycles. The normalized spacial score (nSPS) is 12.0. The third-order valence-electron chi connectivity index (χ3n) is 7.19. The molecule has 0 radical (unpaired) electrons. The maximum absolute atomic E-state index is 14.5. The summed E-state index contributed by atoms with van der Waals surface area (Å²) < 4.78 is 29.5. The summed E-state index contributed by atoms with van der Waals surface area (Å²) in [4.78, 5) is 30.7. The molecule has 4 aromatic carbocycles. The molecule has 0 bridgehead atoms. The predicted molar refractivity (Wildman–Crippen MR) is 183 cm³/mol. The summed E-state index contributed by atoms with van der Waals surface area (Å²) >= 11 is 7.81. The summed E-state index contributed by atoms with van der Waals surface area (Å²) in [6, 6.07) is 29.0. The Bertz CT molecular complexity index is 1700. The summed E-state index contributed by atoms with van der Waals surface area (Å²) in [6.07, 6.45) is 2.15. The molecular weight excluding hydrogens is 626 g/mol. The van der Waals surface area contributed by atoms with E-state index in [9.17, 15) is 18.0 Å². The molecule has 4 rings (SSSR count). The summed E-state index contributed by atoms with van der Waals surface area (Å²) in [5.74, 6) is -0.860. The Morgan fingerprint density at radius 1 is 0.867 bits per heavy atom. The van der Waals surface area contributed by atoms with Gasteiger partial charge in [0.25, 0.3) is 10.0 Å². The van der Waals surface area contributed by atoms with E-state index in [0.29, 0.717) is 16.3 Å². The molecule has 1 unspecified atom stereocenters. The minimum absolute atomic E-state index is 0.0482. The smallest absolute Gasteiger partial charge is 0.264 e. The van der Waals surface area contributed by atoms with Gasteiger partial charge in [-0.25, -0.2) is 8.42 Å². The van der Waals surface area contributed by atoms with Crippen molar-refractivity contribution in [3.05, 3.63) is 125 Å². The lowest BCUT2D eigenvalue weighted by Crippen LogP contribution is -2.54. The predicted octanol–water partition coefficient (Wildman–Crippen LogP) is 6.73. The van der Waals surface area contributed by atoms with Gasteiger partial charge in [-0.3, -0.25) is 13.9 Å². The molecule has 0 aliphatic carbocycles. The van der Waals surface area contributed by atoms with Crippen LogP contribution in [0.4, 0.5) is 5.69 Å². The zero-order valence-electron chi connectivity index (χ0n) is 25.8. The number of amides is 2. The molecule has 10 heteroatoms. The Hall–Kier alpha value is -3.79. The van der Waals surface area contributed by atoms with Crippen LogP contribution in [0.5, 0.6) is 0 Å². The Balaban J connectivity index is 1.80. The van der Waals surface area contributed by atoms with Crippen molar-refractivity contribution in [1.82, 2.24) is 10.2 Å². The number of benzene rings is 4. The van der Waals surface area contributed by atoms with Crippen molar-refractivity contribution >= 4 is 50.9 Å². The first-order valence-electron chi connectivity index (χ1n) is 14.6. The quantitative estimate of drug-likeness (QED) is 0.160. The Labute approximate surface area is 275 Å². The number of carbonyl (C=O) groups is 2. The van der Waals surface area contributed by atoms with Crippen molar-refractivity contribution in [2.24, 2.45) is 0 Å². The van der Waals surface area contributed by atoms with E-state index in [1.165, 1.54) is 16.7 Å². The van der Waals surface area contributed by atoms with E-state index in [1.807, 2.05) is 63.4 Å². The molecule has 0 saturated carbocycles. The highest BCUT2D eigenvalue weighted by Crippen LogP contribution is 2.27. The summed E-state index contributed by atoms with van der Waals surface area (Å²) in [6.45, 7) is 5.15. The second kappa shape index (κ2) is 15.5. The van der Waals surface area contributed by atoms with E-state index in [2.05, 4.69) is 5.32 Å². The Morgan fingerprint density at radius 3 is 2.11 bits per heavy atom. The monoisotopic (exact) mass is 663 g/mol. The number of hydrogen-bond acceptors (Lipinski definition) is 5. The van der Waals surface area contributed by atoms with E-state index in [0.717, 1.165) is 20.3 Å². The highest BCUT2D eigenvalue weighted by molar-refractivity contribution is 7.98. The van der Waals surface area contributed by atoms with Gasteiger partial charge in [0.2, 0.25) is 11.8 Å². The maximum atomic E-state index is 14.5. The number of thioether (sulfide) groups is 1. The van der Waals surface area contributed by atoms with Gasteiger partial charge in [-0.2, -0.15) is 0 Å². The summed E-state index contributed by atoms with van der Waals surface area (Å²) in [5, 5.41) is 3.45. The van der Waals surface area contributed by atoms with Crippen LogP contribution < -0.4 is 9.62 Å². The zero-order chi connectivity index (χ0) is 32.6. The van der Waals surface area contributed by atoms with Crippen molar-refractivity contribution < 1.29 is 18.0 Å². The van der Waals surface area contributed by atoms with Crippen LogP contribution in [0.2, 0.25) is 5.02 Å². The molecular formula is C35H38ClN3O4S2. The van der Waals surface area contributed by atoms with Gasteiger partial charge < -0.3 is 10.2 Å². The lowest BCUT2D eigenvalue weighted by Gasteiger charge is -2.34. The number of carbonyl (C=O) groups excluding carboxylic acids is 2. The fraction of sp³-hybridized carbons (Fsp3) is 0.257. The van der Waals surface area contributed by atoms with Gasteiger partial charge in [-0.1, -0.05) is 71.8 Å². The SMILES string of the molecule is CSc1ccc(S(=O)(=O)N(CC(=O)N(Cc2cccc(Cl)c2)C(Cc2ccccc2)C(=O)NC(C)C)c2ccc(C)cc2)cc1. The molecule has 0 aliphatic rings. The molecule has 236 valence electrons. The number of rotatable bonds is 13. The zero-order valence-corrected chi connectivity index (χ0v) is 28.2. The van der Waals surface area contributed by atoms with E-state index in [4.69, 9.17) is 11.6 Å². The first-order chi connectivity index (χ1) is 21.5. The van der Waals surface area contributed by atoms with Crippen molar-refractivity contribution in [3.63, 3.8) is 0 Å². The Morgan fingerprint density at radius 2 is 1.51 bits per heavy atom. The van der Waals surface area contributed by atoms with Crippen LogP contribution in [0.3, 0.4) is 0 Å². The lowest BCUT2D eigenvalue weighted by molar-refractivity contribution is -0.140. The third kappa shape index (κ3) is 9.12. The molecule has 1 atom stereocenters. The fourth-order valence-electron chi connectivity index (χ4n) is 4.88.